The van der Waals surface area contributed by atoms with Gasteiger partial charge in [0.1, 0.15) is 5.82 Å². The number of hydrogen-bond acceptors (Lipinski definition) is 4. The number of amides is 1. The van der Waals surface area contributed by atoms with Crippen LogP contribution in [0, 0.1) is 5.82 Å². The maximum Gasteiger partial charge on any atom is 0.228 e. The molecule has 7 heteroatoms. The standard InChI is InChI=1S/C23H25FN4O2/c1-16-14-27(15-17(2)30-16)22-9-6-19(13-21(22)24)26-23(29)12-18-4-7-20(8-5-18)28-11-3-10-25-28/h3-11,13,16-17H,12,14-15H2,1-2H3,(H,26,29). The highest BCUT2D eigenvalue weighted by molar-refractivity contribution is 5.92. The Morgan fingerprint density at radius 3 is 2.53 bits per heavy atom. The topological polar surface area (TPSA) is 59.4 Å². The number of nitrogens with one attached hydrogen (secondary N) is 1. The van der Waals surface area contributed by atoms with Crippen LogP contribution >= 0.6 is 0 Å². The van der Waals surface area contributed by atoms with Gasteiger partial charge in [-0.05, 0) is 55.8 Å². The van der Waals surface area contributed by atoms with E-state index < -0.39 is 0 Å². The normalized spacial score (nSPS) is 19.0. The summed E-state index contributed by atoms with van der Waals surface area (Å²) in [4.78, 5) is 14.4. The van der Waals surface area contributed by atoms with Gasteiger partial charge in [-0.2, -0.15) is 5.10 Å². The number of rotatable bonds is 5. The number of nitrogens with zero attached hydrogens (tertiary/aromatic N) is 3. The van der Waals surface area contributed by atoms with Gasteiger partial charge in [0.05, 0.1) is 30.0 Å². The van der Waals surface area contributed by atoms with Crippen molar-refractivity contribution in [3.8, 4) is 5.69 Å². The van der Waals surface area contributed by atoms with E-state index in [1.807, 2.05) is 55.3 Å². The number of halogens is 1. The van der Waals surface area contributed by atoms with Crippen LogP contribution in [0.2, 0.25) is 0 Å². The van der Waals surface area contributed by atoms with Gasteiger partial charge < -0.3 is 15.0 Å². The molecule has 2 heterocycles. The number of hydrogen-bond donors (Lipinski definition) is 1. The minimum Gasteiger partial charge on any atom is -0.372 e. The molecule has 0 saturated carbocycles. The number of ether oxygens (including phenoxy) is 1. The SMILES string of the molecule is CC1CN(c2ccc(NC(=O)Cc3ccc(-n4cccn4)cc3)cc2F)CC(C)O1. The molecular formula is C23H25FN4O2. The molecule has 1 aliphatic rings. The van der Waals surface area contributed by atoms with Gasteiger partial charge in [-0.15, -0.1) is 0 Å². The first kappa shape index (κ1) is 20.1. The van der Waals surface area contributed by atoms with Crippen molar-refractivity contribution in [3.63, 3.8) is 0 Å². The lowest BCUT2D eigenvalue weighted by atomic mass is 10.1. The lowest BCUT2D eigenvalue weighted by molar-refractivity contribution is -0.115. The minimum atomic E-state index is -0.349. The maximum absolute atomic E-state index is 14.7. The summed E-state index contributed by atoms with van der Waals surface area (Å²) in [6, 6.07) is 14.3. The Kier molecular flexibility index (Phi) is 5.81. The molecule has 4 rings (SSSR count). The van der Waals surface area contributed by atoms with Crippen LogP contribution in [0.1, 0.15) is 19.4 Å². The molecule has 1 aliphatic heterocycles. The van der Waals surface area contributed by atoms with E-state index in [4.69, 9.17) is 4.74 Å². The molecule has 1 N–H and O–H groups in total. The van der Waals surface area contributed by atoms with Crippen molar-refractivity contribution in [1.82, 2.24) is 9.78 Å². The Bertz CT molecular complexity index is 995. The van der Waals surface area contributed by atoms with Crippen LogP contribution in [-0.4, -0.2) is 41.0 Å². The summed E-state index contributed by atoms with van der Waals surface area (Å²) < 4.78 is 22.2. The zero-order valence-corrected chi connectivity index (χ0v) is 17.1. The molecule has 2 aromatic carbocycles. The lowest BCUT2D eigenvalue weighted by Gasteiger charge is -2.37. The fourth-order valence-electron chi connectivity index (χ4n) is 3.79. The zero-order valence-electron chi connectivity index (χ0n) is 17.1. The Hall–Kier alpha value is -3.19. The van der Waals surface area contributed by atoms with Crippen LogP contribution < -0.4 is 10.2 Å². The molecule has 1 amide bonds. The van der Waals surface area contributed by atoms with Crippen molar-refractivity contribution in [2.75, 3.05) is 23.3 Å². The number of morpholine rings is 1. The number of carbonyl (C=O) groups is 1. The van der Waals surface area contributed by atoms with E-state index in [0.717, 1.165) is 11.3 Å². The second-order valence-corrected chi connectivity index (χ2v) is 7.67. The zero-order chi connectivity index (χ0) is 21.1. The third-order valence-electron chi connectivity index (χ3n) is 5.06. The van der Waals surface area contributed by atoms with E-state index in [1.54, 1.807) is 23.0 Å². The molecule has 6 nitrogen and oxygen atoms in total. The first-order valence-corrected chi connectivity index (χ1v) is 10.1. The summed E-state index contributed by atoms with van der Waals surface area (Å²) in [5, 5.41) is 6.96. The van der Waals surface area contributed by atoms with Gasteiger partial charge >= 0.3 is 0 Å². The average molecular weight is 408 g/mol. The van der Waals surface area contributed by atoms with Crippen LogP contribution in [0.4, 0.5) is 15.8 Å². The molecule has 2 atom stereocenters. The number of anilines is 2. The molecule has 1 saturated heterocycles. The highest BCUT2D eigenvalue weighted by Gasteiger charge is 2.24. The van der Waals surface area contributed by atoms with Gasteiger partial charge in [0.15, 0.2) is 0 Å². The number of carbonyl (C=O) groups excluding carboxylic acids is 1. The van der Waals surface area contributed by atoms with Gasteiger partial charge in [-0.3, -0.25) is 4.79 Å². The van der Waals surface area contributed by atoms with E-state index in [-0.39, 0.29) is 30.4 Å². The van der Waals surface area contributed by atoms with Crippen molar-refractivity contribution >= 4 is 17.3 Å². The molecule has 156 valence electrons. The summed E-state index contributed by atoms with van der Waals surface area (Å²) in [6.45, 7) is 5.25. The van der Waals surface area contributed by atoms with E-state index in [0.29, 0.717) is 24.5 Å². The van der Waals surface area contributed by atoms with E-state index in [9.17, 15) is 9.18 Å². The van der Waals surface area contributed by atoms with E-state index in [1.165, 1.54) is 6.07 Å². The first-order valence-electron chi connectivity index (χ1n) is 10.1. The molecule has 1 aromatic heterocycles. The molecule has 0 aliphatic carbocycles. The quantitative estimate of drug-likeness (QED) is 0.698. The summed E-state index contributed by atoms with van der Waals surface area (Å²) in [5.41, 5.74) is 2.78. The first-order chi connectivity index (χ1) is 14.5. The molecule has 2 unspecified atom stereocenters. The second kappa shape index (κ2) is 8.67. The Morgan fingerprint density at radius 2 is 1.90 bits per heavy atom. The van der Waals surface area contributed by atoms with Crippen LogP contribution in [-0.2, 0) is 16.0 Å². The predicted molar refractivity (Wildman–Crippen MR) is 115 cm³/mol. The average Bonchev–Trinajstić information content (AvgIpc) is 3.22. The van der Waals surface area contributed by atoms with Gasteiger partial charge in [0.2, 0.25) is 5.91 Å². The fraction of sp³-hybridized carbons (Fsp3) is 0.304. The minimum absolute atomic E-state index is 0.0483. The summed E-state index contributed by atoms with van der Waals surface area (Å²) in [6.07, 6.45) is 3.88. The Balaban J connectivity index is 1.38. The van der Waals surface area contributed by atoms with Crippen molar-refractivity contribution in [2.45, 2.75) is 32.5 Å². The highest BCUT2D eigenvalue weighted by Crippen LogP contribution is 2.26. The number of aromatic nitrogens is 2. The molecule has 0 spiro atoms. The predicted octanol–water partition coefficient (Wildman–Crippen LogP) is 3.81. The maximum atomic E-state index is 14.7. The molecule has 3 aromatic rings. The van der Waals surface area contributed by atoms with Crippen LogP contribution in [0.25, 0.3) is 5.69 Å². The molecule has 30 heavy (non-hydrogen) atoms. The second-order valence-electron chi connectivity index (χ2n) is 7.67. The lowest BCUT2D eigenvalue weighted by Crippen LogP contribution is -2.45. The highest BCUT2D eigenvalue weighted by atomic mass is 19.1. The van der Waals surface area contributed by atoms with Gasteiger partial charge in [0, 0.05) is 31.2 Å². The number of benzene rings is 2. The monoisotopic (exact) mass is 408 g/mol. The van der Waals surface area contributed by atoms with Gasteiger partial charge in [-0.1, -0.05) is 12.1 Å². The fourth-order valence-corrected chi connectivity index (χ4v) is 3.79. The third-order valence-corrected chi connectivity index (χ3v) is 5.06. The van der Waals surface area contributed by atoms with E-state index >= 15 is 0 Å². The van der Waals surface area contributed by atoms with Crippen molar-refractivity contribution in [2.24, 2.45) is 0 Å². The van der Waals surface area contributed by atoms with Crippen molar-refractivity contribution < 1.29 is 13.9 Å². The summed E-state index contributed by atoms with van der Waals surface area (Å²) in [5.74, 6) is -0.541. The van der Waals surface area contributed by atoms with Crippen LogP contribution in [0.3, 0.4) is 0 Å². The Labute approximate surface area is 175 Å². The van der Waals surface area contributed by atoms with Crippen LogP contribution in [0.5, 0.6) is 0 Å². The van der Waals surface area contributed by atoms with Crippen molar-refractivity contribution in [1.29, 1.82) is 0 Å². The third kappa shape index (κ3) is 4.68. The largest absolute Gasteiger partial charge is 0.372 e. The Morgan fingerprint density at radius 1 is 1.17 bits per heavy atom. The molecular weight excluding hydrogens is 383 g/mol. The van der Waals surface area contributed by atoms with E-state index in [2.05, 4.69) is 10.4 Å². The molecule has 0 radical (unpaired) electrons. The summed E-state index contributed by atoms with van der Waals surface area (Å²) >= 11 is 0. The smallest absolute Gasteiger partial charge is 0.228 e. The van der Waals surface area contributed by atoms with Gasteiger partial charge in [-0.25, -0.2) is 9.07 Å². The van der Waals surface area contributed by atoms with Crippen LogP contribution in [0.15, 0.2) is 60.9 Å². The molecule has 0 bridgehead atoms. The van der Waals surface area contributed by atoms with Crippen molar-refractivity contribution in [3.05, 3.63) is 72.3 Å². The molecule has 1 fully saturated rings. The van der Waals surface area contributed by atoms with Gasteiger partial charge in [0.25, 0.3) is 0 Å². The summed E-state index contributed by atoms with van der Waals surface area (Å²) in [7, 11) is 0.